The summed E-state index contributed by atoms with van der Waals surface area (Å²) in [6, 6.07) is 15.9. The van der Waals surface area contributed by atoms with Gasteiger partial charge in [-0.15, -0.1) is 0 Å². The molecule has 0 aliphatic rings. The smallest absolute Gasteiger partial charge is 0.349 e. The van der Waals surface area contributed by atoms with Crippen LogP contribution in [0.15, 0.2) is 54.1 Å². The van der Waals surface area contributed by atoms with Crippen LogP contribution < -0.4 is 14.8 Å². The van der Waals surface area contributed by atoms with Gasteiger partial charge in [0, 0.05) is 13.7 Å². The van der Waals surface area contributed by atoms with Crippen LogP contribution in [-0.2, 0) is 19.7 Å². The second-order valence-electron chi connectivity index (χ2n) is 8.02. The Morgan fingerprint density at radius 2 is 1.66 bits per heavy atom. The Labute approximate surface area is 188 Å². The van der Waals surface area contributed by atoms with E-state index in [2.05, 4.69) is 26.1 Å². The number of nitrogens with one attached hydrogen (secondary N) is 1. The molecule has 2 aromatic carbocycles. The molecule has 0 heterocycles. The first-order valence-electron chi connectivity index (χ1n) is 10.2. The summed E-state index contributed by atoms with van der Waals surface area (Å²) in [7, 11) is 1.53. The van der Waals surface area contributed by atoms with Gasteiger partial charge in [0.25, 0.3) is 5.91 Å². The van der Waals surface area contributed by atoms with Gasteiger partial charge < -0.3 is 19.5 Å². The lowest BCUT2D eigenvalue weighted by molar-refractivity contribution is -0.136. The van der Waals surface area contributed by atoms with Crippen LogP contribution in [0.3, 0.4) is 0 Å². The van der Waals surface area contributed by atoms with Gasteiger partial charge in [0.1, 0.15) is 23.1 Å². The lowest BCUT2D eigenvalue weighted by atomic mass is 9.87. The summed E-state index contributed by atoms with van der Waals surface area (Å²) in [4.78, 5) is 24.1. The Morgan fingerprint density at radius 1 is 1.03 bits per heavy atom. The van der Waals surface area contributed by atoms with E-state index in [1.807, 2.05) is 30.3 Å². The number of ether oxygens (including phenoxy) is 3. The van der Waals surface area contributed by atoms with Gasteiger partial charge in [0.05, 0.1) is 6.61 Å². The van der Waals surface area contributed by atoms with Crippen molar-refractivity contribution in [3.63, 3.8) is 0 Å². The van der Waals surface area contributed by atoms with Crippen molar-refractivity contribution in [3.05, 3.63) is 65.2 Å². The SMILES string of the molecule is COCCNC(=O)/C(C#N)=C/c1ccc(OC(=O)COc2ccc(C(C)(C)C)cc2)cc1. The number of amides is 1. The van der Waals surface area contributed by atoms with Crippen LogP contribution in [0.4, 0.5) is 0 Å². The van der Waals surface area contributed by atoms with Gasteiger partial charge in [0.15, 0.2) is 6.61 Å². The lowest BCUT2D eigenvalue weighted by Gasteiger charge is -2.19. The van der Waals surface area contributed by atoms with E-state index in [0.717, 1.165) is 0 Å². The average molecular weight is 437 g/mol. The third kappa shape index (κ3) is 7.89. The number of nitrogens with zero attached hydrogens (tertiary/aromatic N) is 1. The highest BCUT2D eigenvalue weighted by Gasteiger charge is 2.13. The monoisotopic (exact) mass is 436 g/mol. The Morgan fingerprint density at radius 3 is 2.22 bits per heavy atom. The van der Waals surface area contributed by atoms with Crippen molar-refractivity contribution in [1.29, 1.82) is 5.26 Å². The number of rotatable bonds is 9. The van der Waals surface area contributed by atoms with Crippen molar-refractivity contribution in [1.82, 2.24) is 5.32 Å². The van der Waals surface area contributed by atoms with Crippen LogP contribution in [0.5, 0.6) is 11.5 Å². The number of carbonyl (C=O) groups is 2. The van der Waals surface area contributed by atoms with E-state index in [4.69, 9.17) is 14.2 Å². The minimum atomic E-state index is -0.538. The molecular formula is C25H28N2O5. The Hall–Kier alpha value is -3.63. The first kappa shape index (κ1) is 24.6. The zero-order chi connectivity index (χ0) is 23.6. The minimum absolute atomic E-state index is 0.0308. The van der Waals surface area contributed by atoms with E-state index in [9.17, 15) is 14.9 Å². The second-order valence-corrected chi connectivity index (χ2v) is 8.02. The van der Waals surface area contributed by atoms with Crippen molar-refractivity contribution in [2.45, 2.75) is 26.2 Å². The first-order chi connectivity index (χ1) is 15.2. The summed E-state index contributed by atoms with van der Waals surface area (Å²) in [5.41, 5.74) is 1.81. The molecule has 0 unspecified atom stereocenters. The predicted octanol–water partition coefficient (Wildman–Crippen LogP) is 3.64. The van der Waals surface area contributed by atoms with E-state index in [1.54, 1.807) is 24.3 Å². The van der Waals surface area contributed by atoms with E-state index in [0.29, 0.717) is 30.2 Å². The van der Waals surface area contributed by atoms with Gasteiger partial charge in [-0.1, -0.05) is 45.0 Å². The molecule has 0 aliphatic carbocycles. The van der Waals surface area contributed by atoms with E-state index < -0.39 is 11.9 Å². The largest absolute Gasteiger partial charge is 0.482 e. The molecule has 0 saturated carbocycles. The maximum atomic E-state index is 12.1. The number of esters is 1. The molecule has 0 bridgehead atoms. The summed E-state index contributed by atoms with van der Waals surface area (Å²) < 4.78 is 15.6. The van der Waals surface area contributed by atoms with Gasteiger partial charge in [-0.3, -0.25) is 4.79 Å². The summed E-state index contributed by atoms with van der Waals surface area (Å²) in [5.74, 6) is -0.0960. The van der Waals surface area contributed by atoms with E-state index in [1.165, 1.54) is 18.7 Å². The molecule has 0 aliphatic heterocycles. The highest BCUT2D eigenvalue weighted by atomic mass is 16.6. The molecule has 2 rings (SSSR count). The summed E-state index contributed by atoms with van der Waals surface area (Å²) in [6.07, 6.45) is 1.46. The molecular weight excluding hydrogens is 408 g/mol. The highest BCUT2D eigenvalue weighted by Crippen LogP contribution is 2.24. The van der Waals surface area contributed by atoms with Gasteiger partial charge in [-0.05, 0) is 46.9 Å². The molecule has 168 valence electrons. The van der Waals surface area contributed by atoms with Crippen molar-refractivity contribution in [2.75, 3.05) is 26.9 Å². The van der Waals surface area contributed by atoms with Gasteiger partial charge >= 0.3 is 5.97 Å². The second kappa shape index (κ2) is 11.7. The first-order valence-corrected chi connectivity index (χ1v) is 10.2. The van der Waals surface area contributed by atoms with E-state index >= 15 is 0 Å². The van der Waals surface area contributed by atoms with Crippen LogP contribution in [0.25, 0.3) is 6.08 Å². The Balaban J connectivity index is 1.89. The molecule has 0 fully saturated rings. The molecule has 32 heavy (non-hydrogen) atoms. The fourth-order valence-electron chi connectivity index (χ4n) is 2.66. The van der Waals surface area contributed by atoms with Crippen molar-refractivity contribution in [2.24, 2.45) is 0 Å². The molecule has 1 amide bonds. The summed E-state index contributed by atoms with van der Waals surface area (Å²) in [5, 5.41) is 11.8. The molecule has 0 radical (unpaired) electrons. The number of nitriles is 1. The van der Waals surface area contributed by atoms with Crippen LogP contribution in [0.2, 0.25) is 0 Å². The number of hydrogen-bond acceptors (Lipinski definition) is 6. The molecule has 2 aromatic rings. The molecule has 7 nitrogen and oxygen atoms in total. The van der Waals surface area contributed by atoms with Crippen molar-refractivity contribution in [3.8, 4) is 17.6 Å². The maximum absolute atomic E-state index is 12.1. The van der Waals surface area contributed by atoms with Crippen LogP contribution in [0.1, 0.15) is 31.9 Å². The average Bonchev–Trinajstić information content (AvgIpc) is 2.77. The molecule has 7 heteroatoms. The highest BCUT2D eigenvalue weighted by molar-refractivity contribution is 6.01. The third-order valence-electron chi connectivity index (χ3n) is 4.46. The summed E-state index contributed by atoms with van der Waals surface area (Å²) in [6.45, 7) is 6.82. The van der Waals surface area contributed by atoms with Gasteiger partial charge in [-0.25, -0.2) is 4.79 Å². The molecule has 0 atom stereocenters. The summed E-state index contributed by atoms with van der Waals surface area (Å²) >= 11 is 0. The number of hydrogen-bond donors (Lipinski definition) is 1. The Bertz CT molecular complexity index is 981. The normalized spacial score (nSPS) is 11.4. The van der Waals surface area contributed by atoms with Gasteiger partial charge in [-0.2, -0.15) is 5.26 Å². The molecule has 0 saturated heterocycles. The zero-order valence-corrected chi connectivity index (χ0v) is 18.8. The third-order valence-corrected chi connectivity index (χ3v) is 4.46. The number of methoxy groups -OCH3 is 1. The fraction of sp³-hybridized carbons (Fsp3) is 0.320. The maximum Gasteiger partial charge on any atom is 0.349 e. The lowest BCUT2D eigenvalue weighted by Crippen LogP contribution is -2.27. The predicted molar refractivity (Wildman–Crippen MR) is 121 cm³/mol. The molecule has 1 N–H and O–H groups in total. The van der Waals surface area contributed by atoms with Crippen molar-refractivity contribution < 1.29 is 23.8 Å². The number of benzene rings is 2. The number of carbonyl (C=O) groups excluding carboxylic acids is 2. The molecule has 0 aromatic heterocycles. The van der Waals surface area contributed by atoms with Crippen LogP contribution >= 0.6 is 0 Å². The minimum Gasteiger partial charge on any atom is -0.482 e. The van der Waals surface area contributed by atoms with E-state index in [-0.39, 0.29) is 17.6 Å². The van der Waals surface area contributed by atoms with Crippen molar-refractivity contribution >= 4 is 18.0 Å². The van der Waals surface area contributed by atoms with Gasteiger partial charge in [0.2, 0.25) is 0 Å². The van der Waals surface area contributed by atoms with Crippen LogP contribution in [-0.4, -0.2) is 38.7 Å². The topological polar surface area (TPSA) is 97.6 Å². The van der Waals surface area contributed by atoms with Crippen LogP contribution in [0, 0.1) is 11.3 Å². The fourth-order valence-corrected chi connectivity index (χ4v) is 2.66. The Kier molecular flexibility index (Phi) is 8.99. The molecule has 0 spiro atoms. The quantitative estimate of drug-likeness (QED) is 0.212. The zero-order valence-electron chi connectivity index (χ0n) is 18.8. The standard InChI is InChI=1S/C25H28N2O5/c1-25(2,3)20-7-11-21(12-8-20)31-17-23(28)32-22-9-5-18(6-10-22)15-19(16-26)24(29)27-13-14-30-4/h5-12,15H,13-14,17H2,1-4H3,(H,27,29)/b19-15+.